The maximum absolute atomic E-state index is 12.8. The van der Waals surface area contributed by atoms with Gasteiger partial charge in [-0.15, -0.1) is 0 Å². The SMILES string of the molecule is Cc1cc(F)ccc1NC(=O)CNCC(F)(F)F. The Balaban J connectivity index is 2.45. The van der Waals surface area contributed by atoms with E-state index in [9.17, 15) is 22.4 Å². The van der Waals surface area contributed by atoms with Gasteiger partial charge in [-0.3, -0.25) is 4.79 Å². The molecule has 1 aromatic carbocycles. The second kappa shape index (κ2) is 5.81. The average Bonchev–Trinajstić information content (AvgIpc) is 2.20. The highest BCUT2D eigenvalue weighted by Crippen LogP contribution is 2.15. The summed E-state index contributed by atoms with van der Waals surface area (Å²) >= 11 is 0. The highest BCUT2D eigenvalue weighted by molar-refractivity contribution is 5.92. The van der Waals surface area contributed by atoms with E-state index < -0.39 is 31.0 Å². The maximum atomic E-state index is 12.8. The molecule has 0 atom stereocenters. The summed E-state index contributed by atoms with van der Waals surface area (Å²) in [4.78, 5) is 11.3. The van der Waals surface area contributed by atoms with E-state index >= 15 is 0 Å². The third-order valence-corrected chi connectivity index (χ3v) is 2.07. The molecule has 0 bridgehead atoms. The zero-order valence-corrected chi connectivity index (χ0v) is 9.57. The van der Waals surface area contributed by atoms with Gasteiger partial charge in [0.15, 0.2) is 0 Å². The molecule has 1 rings (SSSR count). The van der Waals surface area contributed by atoms with Gasteiger partial charge in [0.05, 0.1) is 13.1 Å². The van der Waals surface area contributed by atoms with Crippen LogP contribution in [0.4, 0.5) is 23.2 Å². The summed E-state index contributed by atoms with van der Waals surface area (Å²) in [5.41, 5.74) is 0.870. The Morgan fingerprint density at radius 2 is 2.00 bits per heavy atom. The van der Waals surface area contributed by atoms with Gasteiger partial charge in [-0.2, -0.15) is 13.2 Å². The molecule has 0 saturated carbocycles. The minimum Gasteiger partial charge on any atom is -0.325 e. The number of carbonyl (C=O) groups excluding carboxylic acids is 1. The summed E-state index contributed by atoms with van der Waals surface area (Å²) in [6.45, 7) is -0.110. The van der Waals surface area contributed by atoms with Gasteiger partial charge < -0.3 is 10.6 Å². The van der Waals surface area contributed by atoms with Crippen LogP contribution in [-0.4, -0.2) is 25.2 Å². The molecule has 0 aromatic heterocycles. The summed E-state index contributed by atoms with van der Waals surface area (Å²) in [5, 5.41) is 4.35. The molecule has 0 aliphatic heterocycles. The lowest BCUT2D eigenvalue weighted by Crippen LogP contribution is -2.35. The molecule has 0 radical (unpaired) electrons. The zero-order chi connectivity index (χ0) is 13.8. The molecule has 0 heterocycles. The van der Waals surface area contributed by atoms with Gasteiger partial charge in [-0.05, 0) is 30.7 Å². The largest absolute Gasteiger partial charge is 0.401 e. The van der Waals surface area contributed by atoms with Crippen molar-refractivity contribution in [3.05, 3.63) is 29.6 Å². The number of rotatable bonds is 4. The molecule has 0 aliphatic carbocycles. The van der Waals surface area contributed by atoms with Crippen molar-refractivity contribution in [2.75, 3.05) is 18.4 Å². The number of hydrogen-bond acceptors (Lipinski definition) is 2. The predicted molar refractivity (Wildman–Crippen MR) is 58.7 cm³/mol. The van der Waals surface area contributed by atoms with Crippen molar-refractivity contribution in [1.82, 2.24) is 5.32 Å². The van der Waals surface area contributed by atoms with Crippen LogP contribution in [0.1, 0.15) is 5.56 Å². The summed E-state index contributed by atoms with van der Waals surface area (Å²) in [5.74, 6) is -1.06. The van der Waals surface area contributed by atoms with Crippen molar-refractivity contribution in [2.24, 2.45) is 0 Å². The minimum atomic E-state index is -4.36. The first kappa shape index (κ1) is 14.4. The van der Waals surface area contributed by atoms with Gasteiger partial charge in [0.2, 0.25) is 5.91 Å². The number of hydrogen-bond donors (Lipinski definition) is 2. The Hall–Kier alpha value is -1.63. The fourth-order valence-electron chi connectivity index (χ4n) is 1.28. The van der Waals surface area contributed by atoms with Crippen LogP contribution < -0.4 is 10.6 Å². The predicted octanol–water partition coefficient (Wildman–Crippen LogP) is 2.22. The highest BCUT2D eigenvalue weighted by Gasteiger charge is 2.26. The van der Waals surface area contributed by atoms with E-state index in [1.807, 2.05) is 5.32 Å². The van der Waals surface area contributed by atoms with Crippen LogP contribution >= 0.6 is 0 Å². The van der Waals surface area contributed by atoms with Gasteiger partial charge in [0, 0.05) is 5.69 Å². The second-order valence-corrected chi connectivity index (χ2v) is 3.73. The lowest BCUT2D eigenvalue weighted by Gasteiger charge is -2.10. The Morgan fingerprint density at radius 3 is 2.56 bits per heavy atom. The quantitative estimate of drug-likeness (QED) is 0.819. The van der Waals surface area contributed by atoms with Crippen molar-refractivity contribution < 1.29 is 22.4 Å². The molecule has 18 heavy (non-hydrogen) atoms. The van der Waals surface area contributed by atoms with E-state index in [1.165, 1.54) is 12.1 Å². The number of alkyl halides is 3. The molecular formula is C11H12F4N2O. The van der Waals surface area contributed by atoms with Crippen LogP contribution in [0.25, 0.3) is 0 Å². The van der Waals surface area contributed by atoms with E-state index in [0.717, 1.165) is 6.07 Å². The second-order valence-electron chi connectivity index (χ2n) is 3.73. The molecule has 0 spiro atoms. The number of anilines is 1. The van der Waals surface area contributed by atoms with Crippen LogP contribution in [0.3, 0.4) is 0 Å². The van der Waals surface area contributed by atoms with E-state index in [4.69, 9.17) is 0 Å². The smallest absolute Gasteiger partial charge is 0.325 e. The molecule has 0 fully saturated rings. The number of halogens is 4. The molecule has 0 aliphatic rings. The van der Waals surface area contributed by atoms with E-state index in [0.29, 0.717) is 11.3 Å². The Kier molecular flexibility index (Phi) is 4.66. The zero-order valence-electron chi connectivity index (χ0n) is 9.57. The first-order valence-corrected chi connectivity index (χ1v) is 5.11. The number of carbonyl (C=O) groups is 1. The van der Waals surface area contributed by atoms with Crippen LogP contribution in [0.15, 0.2) is 18.2 Å². The topological polar surface area (TPSA) is 41.1 Å². The fourth-order valence-corrected chi connectivity index (χ4v) is 1.28. The van der Waals surface area contributed by atoms with Crippen molar-refractivity contribution >= 4 is 11.6 Å². The Bertz CT molecular complexity index is 432. The third kappa shape index (κ3) is 5.13. The monoisotopic (exact) mass is 264 g/mol. The highest BCUT2D eigenvalue weighted by atomic mass is 19.4. The first-order chi connectivity index (χ1) is 8.28. The van der Waals surface area contributed by atoms with Crippen LogP contribution in [-0.2, 0) is 4.79 Å². The molecule has 3 nitrogen and oxygen atoms in total. The van der Waals surface area contributed by atoms with Gasteiger partial charge >= 0.3 is 6.18 Å². The summed E-state index contributed by atoms with van der Waals surface area (Å²) < 4.78 is 48.2. The van der Waals surface area contributed by atoms with Gasteiger partial charge in [0.25, 0.3) is 0 Å². The Labute approximate surface area is 101 Å². The van der Waals surface area contributed by atoms with Crippen LogP contribution in [0.5, 0.6) is 0 Å². The molecule has 2 N–H and O–H groups in total. The van der Waals surface area contributed by atoms with Gasteiger partial charge in [-0.1, -0.05) is 0 Å². The first-order valence-electron chi connectivity index (χ1n) is 5.11. The molecular weight excluding hydrogens is 252 g/mol. The normalized spacial score (nSPS) is 11.4. The summed E-state index contributed by atoms with van der Waals surface area (Å²) in [7, 11) is 0. The van der Waals surface area contributed by atoms with Crippen molar-refractivity contribution in [2.45, 2.75) is 13.1 Å². The van der Waals surface area contributed by atoms with Crippen molar-refractivity contribution in [1.29, 1.82) is 0 Å². The molecule has 7 heteroatoms. The molecule has 0 unspecified atom stereocenters. The van der Waals surface area contributed by atoms with Gasteiger partial charge in [-0.25, -0.2) is 4.39 Å². The van der Waals surface area contributed by atoms with Crippen molar-refractivity contribution in [3.8, 4) is 0 Å². The van der Waals surface area contributed by atoms with E-state index in [2.05, 4.69) is 5.32 Å². The van der Waals surface area contributed by atoms with Crippen LogP contribution in [0.2, 0.25) is 0 Å². The number of amides is 1. The van der Waals surface area contributed by atoms with E-state index in [1.54, 1.807) is 6.92 Å². The summed E-state index contributed by atoms with van der Waals surface area (Å²) in [6, 6.07) is 3.73. The van der Waals surface area contributed by atoms with Gasteiger partial charge in [0.1, 0.15) is 5.82 Å². The number of benzene rings is 1. The average molecular weight is 264 g/mol. The standard InChI is InChI=1S/C11H12F4N2O/c1-7-4-8(12)2-3-9(7)17-10(18)5-16-6-11(13,14)15/h2-4,16H,5-6H2,1H3,(H,17,18). The lowest BCUT2D eigenvalue weighted by molar-refractivity contribution is -0.126. The minimum absolute atomic E-state index is 0.371. The molecule has 1 aromatic rings. The fraction of sp³-hybridized carbons (Fsp3) is 0.364. The molecule has 0 saturated heterocycles. The van der Waals surface area contributed by atoms with Crippen LogP contribution in [0, 0.1) is 12.7 Å². The lowest BCUT2D eigenvalue weighted by atomic mass is 10.2. The van der Waals surface area contributed by atoms with Crippen molar-refractivity contribution in [3.63, 3.8) is 0 Å². The maximum Gasteiger partial charge on any atom is 0.401 e. The number of nitrogens with one attached hydrogen (secondary N) is 2. The molecule has 100 valence electrons. The Morgan fingerprint density at radius 1 is 1.33 bits per heavy atom. The third-order valence-electron chi connectivity index (χ3n) is 2.07. The van der Waals surface area contributed by atoms with E-state index in [-0.39, 0.29) is 0 Å². The summed E-state index contributed by atoms with van der Waals surface area (Å²) in [6.07, 6.45) is -4.36. The number of aryl methyl sites for hydroxylation is 1. The molecule has 1 amide bonds.